The van der Waals surface area contributed by atoms with Crippen molar-refractivity contribution in [1.82, 2.24) is 16.0 Å². The SMILES string of the molecule is CCNC(=NCC(=O)N1CCc2ccccc21)NCCCNC(=O)OC(C)(C)C.I. The number of aliphatic imine (C=N–C) groups is 1. The van der Waals surface area contributed by atoms with Gasteiger partial charge in [0, 0.05) is 31.9 Å². The molecule has 1 aromatic carbocycles. The fourth-order valence-electron chi connectivity index (χ4n) is 2.97. The largest absolute Gasteiger partial charge is 0.444 e. The van der Waals surface area contributed by atoms with Gasteiger partial charge in [-0.15, -0.1) is 24.0 Å². The van der Waals surface area contributed by atoms with E-state index in [9.17, 15) is 9.59 Å². The van der Waals surface area contributed by atoms with Crippen LogP contribution in [-0.2, 0) is 16.0 Å². The maximum absolute atomic E-state index is 12.6. The summed E-state index contributed by atoms with van der Waals surface area (Å²) in [7, 11) is 0. The molecular weight excluding hydrogens is 497 g/mol. The number of nitrogens with zero attached hydrogens (tertiary/aromatic N) is 2. The lowest BCUT2D eigenvalue weighted by Crippen LogP contribution is -2.40. The summed E-state index contributed by atoms with van der Waals surface area (Å²) in [6.07, 6.45) is 1.17. The maximum Gasteiger partial charge on any atom is 0.407 e. The van der Waals surface area contributed by atoms with E-state index in [-0.39, 0.29) is 36.4 Å². The van der Waals surface area contributed by atoms with Gasteiger partial charge in [0.1, 0.15) is 12.1 Å². The number of carbonyl (C=O) groups is 2. The number of hydrogen-bond donors (Lipinski definition) is 3. The van der Waals surface area contributed by atoms with Gasteiger partial charge in [-0.05, 0) is 52.2 Å². The van der Waals surface area contributed by atoms with Gasteiger partial charge in [-0.3, -0.25) is 4.79 Å². The quantitative estimate of drug-likeness (QED) is 0.218. The number of hydrogen-bond acceptors (Lipinski definition) is 4. The van der Waals surface area contributed by atoms with Gasteiger partial charge in [-0.2, -0.15) is 0 Å². The van der Waals surface area contributed by atoms with Crippen molar-refractivity contribution < 1.29 is 14.3 Å². The number of ether oxygens (including phenoxy) is 1. The molecule has 1 heterocycles. The predicted octanol–water partition coefficient (Wildman–Crippen LogP) is 2.66. The van der Waals surface area contributed by atoms with E-state index in [1.807, 2.05) is 45.9 Å². The first kappa shape index (κ1) is 26.0. The van der Waals surface area contributed by atoms with Crippen molar-refractivity contribution in [3.8, 4) is 0 Å². The van der Waals surface area contributed by atoms with Crippen LogP contribution >= 0.6 is 24.0 Å². The Morgan fingerprint density at radius 3 is 2.53 bits per heavy atom. The molecule has 0 aromatic heterocycles. The summed E-state index contributed by atoms with van der Waals surface area (Å²) >= 11 is 0. The number of rotatable bonds is 7. The van der Waals surface area contributed by atoms with Gasteiger partial charge < -0.3 is 25.6 Å². The highest BCUT2D eigenvalue weighted by Gasteiger charge is 2.23. The van der Waals surface area contributed by atoms with E-state index < -0.39 is 11.7 Å². The molecule has 1 aliphatic rings. The molecule has 0 radical (unpaired) electrons. The summed E-state index contributed by atoms with van der Waals surface area (Å²) < 4.78 is 5.19. The fourth-order valence-corrected chi connectivity index (χ4v) is 2.97. The van der Waals surface area contributed by atoms with Gasteiger partial charge in [0.2, 0.25) is 5.91 Å². The molecule has 30 heavy (non-hydrogen) atoms. The van der Waals surface area contributed by atoms with Crippen LogP contribution in [0.5, 0.6) is 0 Å². The van der Waals surface area contributed by atoms with E-state index in [4.69, 9.17) is 4.74 Å². The molecule has 0 saturated carbocycles. The molecule has 0 unspecified atom stereocenters. The van der Waals surface area contributed by atoms with Gasteiger partial charge in [0.15, 0.2) is 5.96 Å². The van der Waals surface area contributed by atoms with Crippen LogP contribution in [0, 0.1) is 0 Å². The van der Waals surface area contributed by atoms with E-state index in [2.05, 4.69) is 27.0 Å². The molecule has 0 atom stereocenters. The Balaban J connectivity index is 0.00000450. The Kier molecular flexibility index (Phi) is 10.9. The highest BCUT2D eigenvalue weighted by atomic mass is 127. The highest BCUT2D eigenvalue weighted by Crippen LogP contribution is 2.27. The Labute approximate surface area is 196 Å². The molecule has 0 fully saturated rings. The third-order valence-electron chi connectivity index (χ3n) is 4.22. The first-order valence-electron chi connectivity index (χ1n) is 10.2. The van der Waals surface area contributed by atoms with Gasteiger partial charge in [-0.25, -0.2) is 9.79 Å². The smallest absolute Gasteiger partial charge is 0.407 e. The maximum atomic E-state index is 12.6. The highest BCUT2D eigenvalue weighted by molar-refractivity contribution is 14.0. The van der Waals surface area contributed by atoms with Crippen LogP contribution in [0.4, 0.5) is 10.5 Å². The van der Waals surface area contributed by atoms with Crippen molar-refractivity contribution in [1.29, 1.82) is 0 Å². The molecule has 0 spiro atoms. The summed E-state index contributed by atoms with van der Waals surface area (Å²) in [5.41, 5.74) is 1.68. The van der Waals surface area contributed by atoms with E-state index in [1.54, 1.807) is 4.90 Å². The monoisotopic (exact) mass is 531 g/mol. The average molecular weight is 531 g/mol. The van der Waals surface area contributed by atoms with Crippen LogP contribution in [-0.4, -0.2) is 56.3 Å². The van der Waals surface area contributed by atoms with Crippen LogP contribution in [0.1, 0.15) is 39.7 Å². The second-order valence-corrected chi connectivity index (χ2v) is 7.83. The molecule has 9 heteroatoms. The minimum Gasteiger partial charge on any atom is -0.444 e. The summed E-state index contributed by atoms with van der Waals surface area (Å²) in [5.74, 6) is 0.573. The number of amides is 2. The Morgan fingerprint density at radius 2 is 1.83 bits per heavy atom. The lowest BCUT2D eigenvalue weighted by molar-refractivity contribution is -0.117. The Hall–Kier alpha value is -2.04. The number of nitrogens with one attached hydrogen (secondary N) is 3. The second-order valence-electron chi connectivity index (χ2n) is 7.83. The zero-order chi connectivity index (χ0) is 21.3. The Morgan fingerprint density at radius 1 is 1.13 bits per heavy atom. The molecule has 2 rings (SSSR count). The number of alkyl carbamates (subject to hydrolysis) is 1. The van der Waals surface area contributed by atoms with Gasteiger partial charge in [-0.1, -0.05) is 18.2 Å². The number of anilines is 1. The molecular formula is C21H34IN5O3. The number of halogens is 1. The van der Waals surface area contributed by atoms with Crippen molar-refractivity contribution in [2.75, 3.05) is 37.6 Å². The summed E-state index contributed by atoms with van der Waals surface area (Å²) in [6, 6.07) is 7.98. The lowest BCUT2D eigenvalue weighted by Gasteiger charge is -2.19. The van der Waals surface area contributed by atoms with Crippen molar-refractivity contribution in [3.63, 3.8) is 0 Å². The molecule has 168 valence electrons. The van der Waals surface area contributed by atoms with Crippen molar-refractivity contribution in [2.45, 2.75) is 46.1 Å². The van der Waals surface area contributed by atoms with E-state index in [1.165, 1.54) is 5.56 Å². The van der Waals surface area contributed by atoms with E-state index >= 15 is 0 Å². The van der Waals surface area contributed by atoms with Crippen molar-refractivity contribution in [2.24, 2.45) is 4.99 Å². The molecule has 3 N–H and O–H groups in total. The van der Waals surface area contributed by atoms with Crippen LogP contribution in [0.3, 0.4) is 0 Å². The number of para-hydroxylation sites is 1. The molecule has 2 amide bonds. The first-order valence-corrected chi connectivity index (χ1v) is 10.2. The van der Waals surface area contributed by atoms with Crippen molar-refractivity contribution >= 4 is 47.6 Å². The number of fused-ring (bicyclic) bond motifs is 1. The topological polar surface area (TPSA) is 95.1 Å². The van der Waals surface area contributed by atoms with Gasteiger partial charge in [0.25, 0.3) is 0 Å². The van der Waals surface area contributed by atoms with Crippen molar-refractivity contribution in [3.05, 3.63) is 29.8 Å². The third-order valence-corrected chi connectivity index (χ3v) is 4.22. The third kappa shape index (κ3) is 8.76. The zero-order valence-electron chi connectivity index (χ0n) is 18.3. The van der Waals surface area contributed by atoms with E-state index in [0.717, 1.165) is 12.1 Å². The average Bonchev–Trinajstić information content (AvgIpc) is 3.08. The van der Waals surface area contributed by atoms with Crippen LogP contribution in [0.25, 0.3) is 0 Å². The normalized spacial score (nSPS) is 13.2. The second kappa shape index (κ2) is 12.6. The zero-order valence-corrected chi connectivity index (χ0v) is 20.6. The lowest BCUT2D eigenvalue weighted by atomic mass is 10.2. The van der Waals surface area contributed by atoms with E-state index in [0.29, 0.717) is 38.6 Å². The molecule has 8 nitrogen and oxygen atoms in total. The van der Waals surface area contributed by atoms with Gasteiger partial charge in [0.05, 0.1) is 0 Å². The fraction of sp³-hybridized carbons (Fsp3) is 0.571. The Bertz CT molecular complexity index is 734. The van der Waals surface area contributed by atoms with Crippen LogP contribution in [0.2, 0.25) is 0 Å². The molecule has 0 bridgehead atoms. The molecule has 1 aromatic rings. The van der Waals surface area contributed by atoms with Crippen LogP contribution < -0.4 is 20.9 Å². The molecule has 1 aliphatic heterocycles. The minimum atomic E-state index is -0.504. The van der Waals surface area contributed by atoms with Crippen LogP contribution in [0.15, 0.2) is 29.3 Å². The molecule has 0 saturated heterocycles. The molecule has 0 aliphatic carbocycles. The first-order chi connectivity index (χ1) is 13.8. The number of benzene rings is 1. The summed E-state index contributed by atoms with van der Waals surface area (Å²) in [5, 5.41) is 9.04. The number of carbonyl (C=O) groups excluding carboxylic acids is 2. The standard InChI is InChI=1S/C21H33N5O3.HI/c1-5-22-19(23-12-8-13-24-20(28)29-21(2,3)4)25-15-18(27)26-14-11-16-9-6-7-10-17(16)26;/h6-7,9-10H,5,8,11-15H2,1-4H3,(H,24,28)(H2,22,23,25);1H. The number of guanidine groups is 1. The summed E-state index contributed by atoms with van der Waals surface area (Å²) in [6.45, 7) is 10.0. The predicted molar refractivity (Wildman–Crippen MR) is 131 cm³/mol. The van der Waals surface area contributed by atoms with Gasteiger partial charge >= 0.3 is 6.09 Å². The summed E-state index contributed by atoms with van der Waals surface area (Å²) in [4.78, 5) is 30.4. The minimum absolute atomic E-state index is 0.